The molecule has 0 fully saturated rings. The second-order valence-corrected chi connectivity index (χ2v) is 8.45. The average molecular weight is 427 g/mol. The molecule has 0 aromatic heterocycles. The molecule has 0 saturated carbocycles. The Morgan fingerprint density at radius 2 is 1.72 bits per heavy atom. The van der Waals surface area contributed by atoms with E-state index >= 15 is 0 Å². The number of halogens is 1. The molecule has 0 unspecified atom stereocenters. The smallest absolute Gasteiger partial charge is 0.304 e. The number of hydrogen-bond acceptors (Lipinski definition) is 4. The molecule has 0 radical (unpaired) electrons. The van der Waals surface area contributed by atoms with E-state index in [9.17, 15) is 14.4 Å². The van der Waals surface area contributed by atoms with Crippen LogP contribution in [-0.2, 0) is 14.4 Å². The Kier molecular flexibility index (Phi) is 9.95. The number of hydrogen-bond donors (Lipinski definition) is 3. The van der Waals surface area contributed by atoms with Crippen molar-refractivity contribution in [2.24, 2.45) is 11.3 Å². The summed E-state index contributed by atoms with van der Waals surface area (Å²) in [4.78, 5) is 36.0. The molecule has 7 nitrogen and oxygen atoms in total. The summed E-state index contributed by atoms with van der Waals surface area (Å²) in [5.41, 5.74) is -0.504. The summed E-state index contributed by atoms with van der Waals surface area (Å²) in [6.07, 6.45) is 1.41. The predicted molar refractivity (Wildman–Crippen MR) is 112 cm³/mol. The number of carboxylic acid groups (broad SMARTS) is 1. The van der Waals surface area contributed by atoms with Crippen molar-refractivity contribution < 1.29 is 24.2 Å². The third-order valence-electron chi connectivity index (χ3n) is 4.48. The molecule has 1 aromatic rings. The number of aliphatic carboxylic acids is 1. The van der Waals surface area contributed by atoms with Crippen molar-refractivity contribution >= 4 is 29.4 Å². The van der Waals surface area contributed by atoms with Crippen LogP contribution in [0.2, 0.25) is 5.02 Å². The van der Waals surface area contributed by atoms with Crippen LogP contribution in [0.15, 0.2) is 24.3 Å². The van der Waals surface area contributed by atoms with Gasteiger partial charge in [0.2, 0.25) is 11.8 Å². The zero-order chi connectivity index (χ0) is 22.0. The van der Waals surface area contributed by atoms with E-state index in [-0.39, 0.29) is 12.3 Å². The number of benzene rings is 1. The van der Waals surface area contributed by atoms with Crippen LogP contribution in [0.3, 0.4) is 0 Å². The highest BCUT2D eigenvalue weighted by atomic mass is 35.5. The minimum atomic E-state index is -1.05. The van der Waals surface area contributed by atoms with Gasteiger partial charge in [0.05, 0.1) is 13.0 Å². The molecule has 8 heteroatoms. The van der Waals surface area contributed by atoms with Crippen molar-refractivity contribution in [1.82, 2.24) is 10.6 Å². The quantitative estimate of drug-likeness (QED) is 0.471. The number of carbonyl (C=O) groups is 3. The normalized spacial score (nSPS) is 13.3. The summed E-state index contributed by atoms with van der Waals surface area (Å²) in [6.45, 7) is 5.97. The molecule has 0 aliphatic rings. The zero-order valence-corrected chi connectivity index (χ0v) is 18.2. The fourth-order valence-electron chi connectivity index (χ4n) is 2.83. The number of nitrogens with one attached hydrogen (secondary N) is 2. The molecular formula is C21H31ClN2O5. The van der Waals surface area contributed by atoms with Crippen molar-refractivity contribution in [1.29, 1.82) is 0 Å². The van der Waals surface area contributed by atoms with Crippen LogP contribution in [0.5, 0.6) is 5.75 Å². The van der Waals surface area contributed by atoms with Gasteiger partial charge in [0.25, 0.3) is 0 Å². The van der Waals surface area contributed by atoms with E-state index in [1.807, 2.05) is 20.8 Å². The van der Waals surface area contributed by atoms with E-state index in [0.29, 0.717) is 36.6 Å². The number of ether oxygens (including phenoxy) is 1. The van der Waals surface area contributed by atoms with Crippen LogP contribution in [0.1, 0.15) is 46.5 Å². The van der Waals surface area contributed by atoms with Crippen molar-refractivity contribution in [3.05, 3.63) is 29.3 Å². The van der Waals surface area contributed by atoms with Crippen LogP contribution in [0.4, 0.5) is 0 Å². The Balaban J connectivity index is 2.59. The van der Waals surface area contributed by atoms with Gasteiger partial charge in [0.1, 0.15) is 11.8 Å². The lowest BCUT2D eigenvalue weighted by molar-refractivity contribution is -0.142. The second kappa shape index (κ2) is 11.7. The maximum atomic E-state index is 12.7. The lowest BCUT2D eigenvalue weighted by Gasteiger charge is -2.31. The first-order valence-electron chi connectivity index (χ1n) is 9.66. The number of unbranched alkanes of at least 4 members (excludes halogenated alkanes) is 1. The maximum Gasteiger partial charge on any atom is 0.304 e. The monoisotopic (exact) mass is 426 g/mol. The van der Waals surface area contributed by atoms with Gasteiger partial charge >= 0.3 is 5.97 Å². The van der Waals surface area contributed by atoms with Crippen LogP contribution < -0.4 is 15.4 Å². The Hall–Kier alpha value is -2.28. The van der Waals surface area contributed by atoms with Crippen LogP contribution in [0, 0.1) is 11.3 Å². The number of likely N-dealkylation sites (N-methyl/N-ethyl adjacent to an activating group) is 1. The van der Waals surface area contributed by atoms with Gasteiger partial charge in [0.15, 0.2) is 0 Å². The number of carboxylic acids is 1. The van der Waals surface area contributed by atoms with E-state index in [4.69, 9.17) is 21.4 Å². The largest absolute Gasteiger partial charge is 0.494 e. The fraction of sp³-hybridized carbons (Fsp3) is 0.571. The second-order valence-electron chi connectivity index (χ2n) is 8.01. The molecule has 0 aliphatic carbocycles. The van der Waals surface area contributed by atoms with Gasteiger partial charge in [-0.2, -0.15) is 0 Å². The average Bonchev–Trinajstić information content (AvgIpc) is 2.64. The predicted octanol–water partition coefficient (Wildman–Crippen LogP) is 3.26. The molecule has 3 N–H and O–H groups in total. The Labute approximate surface area is 177 Å². The molecular weight excluding hydrogens is 396 g/mol. The maximum absolute atomic E-state index is 12.7. The lowest BCUT2D eigenvalue weighted by atomic mass is 9.85. The summed E-state index contributed by atoms with van der Waals surface area (Å²) in [7, 11) is 1.50. The molecule has 0 saturated heterocycles. The first kappa shape index (κ1) is 24.8. The van der Waals surface area contributed by atoms with E-state index in [1.54, 1.807) is 24.3 Å². The first-order valence-corrected chi connectivity index (χ1v) is 10.0. The molecule has 0 bridgehead atoms. The van der Waals surface area contributed by atoms with Crippen molar-refractivity contribution in [3.63, 3.8) is 0 Å². The van der Waals surface area contributed by atoms with Crippen molar-refractivity contribution in [3.8, 4) is 5.75 Å². The molecule has 1 aromatic carbocycles. The summed E-state index contributed by atoms with van der Waals surface area (Å²) >= 11 is 5.83. The number of amides is 2. The minimum absolute atomic E-state index is 0.283. The molecule has 2 atom stereocenters. The highest BCUT2D eigenvalue weighted by Gasteiger charge is 2.34. The molecule has 1 rings (SSSR count). The van der Waals surface area contributed by atoms with Crippen LogP contribution in [-0.4, -0.2) is 42.6 Å². The van der Waals surface area contributed by atoms with E-state index in [2.05, 4.69) is 10.6 Å². The van der Waals surface area contributed by atoms with E-state index in [1.165, 1.54) is 7.05 Å². The van der Waals surface area contributed by atoms with Gasteiger partial charge in [0, 0.05) is 18.0 Å². The van der Waals surface area contributed by atoms with Gasteiger partial charge in [-0.15, -0.1) is 0 Å². The fourth-order valence-corrected chi connectivity index (χ4v) is 2.96. The molecule has 0 aliphatic heterocycles. The Morgan fingerprint density at radius 1 is 1.10 bits per heavy atom. The summed E-state index contributed by atoms with van der Waals surface area (Å²) < 4.78 is 5.61. The molecule has 29 heavy (non-hydrogen) atoms. The van der Waals surface area contributed by atoms with Gasteiger partial charge in [-0.05, 0) is 48.9 Å². The summed E-state index contributed by atoms with van der Waals surface area (Å²) in [6, 6.07) is 6.28. The third-order valence-corrected chi connectivity index (χ3v) is 4.73. The Morgan fingerprint density at radius 3 is 2.24 bits per heavy atom. The molecule has 0 spiro atoms. The van der Waals surface area contributed by atoms with E-state index < -0.39 is 29.3 Å². The highest BCUT2D eigenvalue weighted by Crippen LogP contribution is 2.22. The summed E-state index contributed by atoms with van der Waals surface area (Å²) in [5.74, 6) is -1.79. The zero-order valence-electron chi connectivity index (χ0n) is 17.5. The van der Waals surface area contributed by atoms with Gasteiger partial charge in [-0.3, -0.25) is 14.4 Å². The SMILES string of the molecule is CNC(=O)[C@@H](NC(=O)[C@H](CCCCOc1ccc(Cl)cc1)CC(=O)O)C(C)(C)C. The molecule has 0 heterocycles. The van der Waals surface area contributed by atoms with Crippen molar-refractivity contribution in [2.75, 3.05) is 13.7 Å². The third kappa shape index (κ3) is 9.17. The number of carbonyl (C=O) groups excluding carboxylic acids is 2. The highest BCUT2D eigenvalue weighted by molar-refractivity contribution is 6.30. The Bertz CT molecular complexity index is 685. The van der Waals surface area contributed by atoms with E-state index in [0.717, 1.165) is 0 Å². The molecule has 162 valence electrons. The standard InChI is InChI=1S/C21H31ClN2O5/c1-21(2,3)18(20(28)23-4)24-19(27)14(13-17(25)26)7-5-6-12-29-16-10-8-15(22)9-11-16/h8-11,14,18H,5-7,12-13H2,1-4H3,(H,23,28)(H,24,27)(H,25,26)/t14-,18-/m1/s1. The minimum Gasteiger partial charge on any atom is -0.494 e. The van der Waals surface area contributed by atoms with Gasteiger partial charge < -0.3 is 20.5 Å². The molecule has 2 amide bonds. The van der Waals surface area contributed by atoms with Gasteiger partial charge in [-0.1, -0.05) is 32.4 Å². The number of rotatable bonds is 11. The van der Waals surface area contributed by atoms with Crippen LogP contribution >= 0.6 is 11.6 Å². The van der Waals surface area contributed by atoms with Crippen molar-refractivity contribution in [2.45, 2.75) is 52.5 Å². The first-order chi connectivity index (χ1) is 13.5. The van der Waals surface area contributed by atoms with Crippen LogP contribution in [0.25, 0.3) is 0 Å². The summed E-state index contributed by atoms with van der Waals surface area (Å²) in [5, 5.41) is 15.1. The topological polar surface area (TPSA) is 105 Å². The van der Waals surface area contributed by atoms with Gasteiger partial charge in [-0.25, -0.2) is 0 Å². The lowest BCUT2D eigenvalue weighted by Crippen LogP contribution is -2.54.